The highest BCUT2D eigenvalue weighted by Crippen LogP contribution is 2.29. The van der Waals surface area contributed by atoms with Gasteiger partial charge in [-0.1, -0.05) is 27.2 Å². The highest BCUT2D eigenvalue weighted by Gasteiger charge is 2.26. The quantitative estimate of drug-likeness (QED) is 0.815. The van der Waals surface area contributed by atoms with E-state index in [1.807, 2.05) is 6.20 Å². The zero-order valence-electron chi connectivity index (χ0n) is 12.7. The average molecular weight is 263 g/mol. The summed E-state index contributed by atoms with van der Waals surface area (Å²) in [5.74, 6) is 2.61. The van der Waals surface area contributed by atoms with E-state index in [0.29, 0.717) is 5.92 Å². The molecule has 1 heterocycles. The molecule has 0 radical (unpaired) electrons. The number of hydrogen-bond donors (Lipinski definition) is 1. The number of hydrogen-bond acceptors (Lipinski definition) is 2. The van der Waals surface area contributed by atoms with Crippen molar-refractivity contribution in [3.8, 4) is 0 Å². The predicted molar refractivity (Wildman–Crippen MR) is 80.4 cm³/mol. The Bertz CT molecular complexity index is 370. The SMILES string of the molecule is CCCNC1CCCC1CCn1ccnc1C(C)C. The number of nitrogens with zero attached hydrogens (tertiary/aromatic N) is 2. The van der Waals surface area contributed by atoms with Gasteiger partial charge in [0, 0.05) is 30.9 Å². The second-order valence-electron chi connectivity index (χ2n) is 6.17. The third-order valence-electron chi connectivity index (χ3n) is 4.32. The van der Waals surface area contributed by atoms with Crippen molar-refractivity contribution in [2.75, 3.05) is 6.54 Å². The number of imidazole rings is 1. The van der Waals surface area contributed by atoms with Crippen LogP contribution < -0.4 is 5.32 Å². The van der Waals surface area contributed by atoms with Gasteiger partial charge in [0.05, 0.1) is 0 Å². The first-order valence-electron chi connectivity index (χ1n) is 7.96. The molecule has 1 aromatic rings. The largest absolute Gasteiger partial charge is 0.335 e. The van der Waals surface area contributed by atoms with Gasteiger partial charge in [0.2, 0.25) is 0 Å². The lowest BCUT2D eigenvalue weighted by Crippen LogP contribution is -2.33. The lowest BCUT2D eigenvalue weighted by atomic mass is 9.99. The smallest absolute Gasteiger partial charge is 0.111 e. The van der Waals surface area contributed by atoms with Crippen molar-refractivity contribution in [2.24, 2.45) is 5.92 Å². The van der Waals surface area contributed by atoms with E-state index in [9.17, 15) is 0 Å². The van der Waals surface area contributed by atoms with Crippen molar-refractivity contribution in [2.45, 2.75) is 71.4 Å². The molecule has 0 saturated heterocycles. The number of aryl methyl sites for hydroxylation is 1. The monoisotopic (exact) mass is 263 g/mol. The third kappa shape index (κ3) is 3.82. The zero-order chi connectivity index (χ0) is 13.7. The van der Waals surface area contributed by atoms with Crippen molar-refractivity contribution in [3.63, 3.8) is 0 Å². The van der Waals surface area contributed by atoms with Crippen LogP contribution in [0.4, 0.5) is 0 Å². The summed E-state index contributed by atoms with van der Waals surface area (Å²) in [5, 5.41) is 3.72. The number of rotatable bonds is 7. The second kappa shape index (κ2) is 7.09. The van der Waals surface area contributed by atoms with E-state index in [0.717, 1.165) is 18.5 Å². The van der Waals surface area contributed by atoms with Crippen LogP contribution in [0.5, 0.6) is 0 Å². The van der Waals surface area contributed by atoms with E-state index in [1.165, 1.54) is 44.5 Å². The van der Waals surface area contributed by atoms with Crippen molar-refractivity contribution < 1.29 is 0 Å². The molecule has 0 amide bonds. The summed E-state index contributed by atoms with van der Waals surface area (Å²) in [6.45, 7) is 8.99. The van der Waals surface area contributed by atoms with Crippen LogP contribution >= 0.6 is 0 Å². The van der Waals surface area contributed by atoms with E-state index in [4.69, 9.17) is 0 Å². The highest BCUT2D eigenvalue weighted by atomic mass is 15.1. The van der Waals surface area contributed by atoms with Crippen LogP contribution in [0, 0.1) is 5.92 Å². The van der Waals surface area contributed by atoms with Gasteiger partial charge in [0.1, 0.15) is 5.82 Å². The Hall–Kier alpha value is -0.830. The molecular formula is C16H29N3. The summed E-state index contributed by atoms with van der Waals surface area (Å²) in [7, 11) is 0. The molecule has 1 aliphatic carbocycles. The summed E-state index contributed by atoms with van der Waals surface area (Å²) in [6.07, 6.45) is 10.8. The maximum absolute atomic E-state index is 4.48. The lowest BCUT2D eigenvalue weighted by molar-refractivity contribution is 0.358. The normalized spacial score (nSPS) is 23.4. The minimum absolute atomic E-state index is 0.521. The van der Waals surface area contributed by atoms with E-state index < -0.39 is 0 Å². The summed E-state index contributed by atoms with van der Waals surface area (Å²) in [4.78, 5) is 4.48. The molecular weight excluding hydrogens is 234 g/mol. The Balaban J connectivity index is 1.85. The molecule has 1 N–H and O–H groups in total. The maximum atomic E-state index is 4.48. The van der Waals surface area contributed by atoms with Crippen molar-refractivity contribution in [3.05, 3.63) is 18.2 Å². The average Bonchev–Trinajstić information content (AvgIpc) is 3.02. The molecule has 3 heteroatoms. The lowest BCUT2D eigenvalue weighted by Gasteiger charge is -2.21. The first-order chi connectivity index (χ1) is 9.22. The van der Waals surface area contributed by atoms with Crippen LogP contribution in [0.25, 0.3) is 0 Å². The van der Waals surface area contributed by atoms with Gasteiger partial charge in [0.15, 0.2) is 0 Å². The van der Waals surface area contributed by atoms with Crippen LogP contribution in [-0.4, -0.2) is 22.1 Å². The van der Waals surface area contributed by atoms with Crippen molar-refractivity contribution in [1.82, 2.24) is 14.9 Å². The van der Waals surface area contributed by atoms with Gasteiger partial charge in [-0.25, -0.2) is 4.98 Å². The van der Waals surface area contributed by atoms with E-state index >= 15 is 0 Å². The molecule has 1 fully saturated rings. The van der Waals surface area contributed by atoms with Crippen LogP contribution in [0.3, 0.4) is 0 Å². The topological polar surface area (TPSA) is 29.9 Å². The first kappa shape index (κ1) is 14.6. The Labute approximate surface area is 117 Å². The van der Waals surface area contributed by atoms with E-state index in [2.05, 4.69) is 41.8 Å². The molecule has 1 aliphatic rings. The number of nitrogens with one attached hydrogen (secondary N) is 1. The third-order valence-corrected chi connectivity index (χ3v) is 4.32. The minimum Gasteiger partial charge on any atom is -0.335 e. The first-order valence-corrected chi connectivity index (χ1v) is 7.96. The standard InChI is InChI=1S/C16H29N3/c1-4-9-17-15-7-5-6-14(15)8-11-19-12-10-18-16(19)13(2)3/h10,12-15,17H,4-9,11H2,1-3H3. The van der Waals surface area contributed by atoms with Crippen molar-refractivity contribution in [1.29, 1.82) is 0 Å². The fourth-order valence-electron chi connectivity index (χ4n) is 3.30. The van der Waals surface area contributed by atoms with Crippen molar-refractivity contribution >= 4 is 0 Å². The second-order valence-corrected chi connectivity index (χ2v) is 6.17. The van der Waals surface area contributed by atoms with Gasteiger partial charge in [-0.2, -0.15) is 0 Å². The van der Waals surface area contributed by atoms with Gasteiger partial charge in [0.25, 0.3) is 0 Å². The summed E-state index contributed by atoms with van der Waals surface area (Å²) in [5.41, 5.74) is 0. The number of aromatic nitrogens is 2. The maximum Gasteiger partial charge on any atom is 0.111 e. The molecule has 1 aromatic heterocycles. The molecule has 19 heavy (non-hydrogen) atoms. The van der Waals surface area contributed by atoms with Gasteiger partial charge in [-0.15, -0.1) is 0 Å². The summed E-state index contributed by atoms with van der Waals surface area (Å²) in [6, 6.07) is 0.756. The summed E-state index contributed by atoms with van der Waals surface area (Å²) >= 11 is 0. The Morgan fingerprint density at radius 1 is 1.42 bits per heavy atom. The highest BCUT2D eigenvalue weighted by molar-refractivity contribution is 4.97. The Morgan fingerprint density at radius 2 is 2.26 bits per heavy atom. The molecule has 0 aromatic carbocycles. The van der Waals surface area contributed by atoms with Gasteiger partial charge in [-0.3, -0.25) is 0 Å². The van der Waals surface area contributed by atoms with Crippen LogP contribution in [0.1, 0.15) is 64.6 Å². The van der Waals surface area contributed by atoms with Crippen LogP contribution in [0.2, 0.25) is 0 Å². The molecule has 108 valence electrons. The van der Waals surface area contributed by atoms with Crippen LogP contribution in [0.15, 0.2) is 12.4 Å². The summed E-state index contributed by atoms with van der Waals surface area (Å²) < 4.78 is 2.35. The van der Waals surface area contributed by atoms with Gasteiger partial charge < -0.3 is 9.88 Å². The molecule has 1 saturated carbocycles. The Morgan fingerprint density at radius 3 is 3.00 bits per heavy atom. The molecule has 2 unspecified atom stereocenters. The van der Waals surface area contributed by atoms with Gasteiger partial charge >= 0.3 is 0 Å². The zero-order valence-corrected chi connectivity index (χ0v) is 12.7. The minimum atomic E-state index is 0.521. The molecule has 0 bridgehead atoms. The molecule has 3 nitrogen and oxygen atoms in total. The van der Waals surface area contributed by atoms with Gasteiger partial charge in [-0.05, 0) is 38.1 Å². The molecule has 0 spiro atoms. The molecule has 0 aliphatic heterocycles. The fourth-order valence-corrected chi connectivity index (χ4v) is 3.30. The predicted octanol–water partition coefficient (Wildman–Crippen LogP) is 3.56. The fraction of sp³-hybridized carbons (Fsp3) is 0.812. The Kier molecular flexibility index (Phi) is 5.44. The van der Waals surface area contributed by atoms with E-state index in [1.54, 1.807) is 0 Å². The van der Waals surface area contributed by atoms with Crippen LogP contribution in [-0.2, 0) is 6.54 Å². The van der Waals surface area contributed by atoms with E-state index in [-0.39, 0.29) is 0 Å². The molecule has 2 rings (SSSR count). The molecule has 2 atom stereocenters.